The summed E-state index contributed by atoms with van der Waals surface area (Å²) in [5.41, 5.74) is 3.00. The molecule has 36 heavy (non-hydrogen) atoms. The van der Waals surface area contributed by atoms with E-state index >= 15 is 0 Å². The molecule has 0 saturated carbocycles. The Morgan fingerprint density at radius 1 is 0.500 bits per heavy atom. The monoisotopic (exact) mass is 490 g/mol. The Bertz CT molecular complexity index is 799. The SMILES string of the molecule is CCCCCCCCCCCCCCCCCCCCC=C(CCCC)c1ccc2ccccc2c1. The Morgan fingerprint density at radius 3 is 1.50 bits per heavy atom. The van der Waals surface area contributed by atoms with E-state index in [2.05, 4.69) is 62.4 Å². The van der Waals surface area contributed by atoms with Crippen molar-refractivity contribution in [1.82, 2.24) is 0 Å². The fourth-order valence-electron chi connectivity index (χ4n) is 5.44. The quantitative estimate of drug-likeness (QED) is 0.136. The first-order valence-corrected chi connectivity index (χ1v) is 16.0. The predicted molar refractivity (Wildman–Crippen MR) is 165 cm³/mol. The molecule has 2 aromatic carbocycles. The van der Waals surface area contributed by atoms with Gasteiger partial charge in [0.2, 0.25) is 0 Å². The third-order valence-electron chi connectivity index (χ3n) is 7.87. The molecule has 0 aromatic heterocycles. The van der Waals surface area contributed by atoms with Crippen LogP contribution in [0.1, 0.15) is 161 Å². The van der Waals surface area contributed by atoms with Crippen LogP contribution in [0, 0.1) is 0 Å². The van der Waals surface area contributed by atoms with Gasteiger partial charge in [-0.3, -0.25) is 0 Å². The van der Waals surface area contributed by atoms with Crippen LogP contribution in [0.2, 0.25) is 0 Å². The van der Waals surface area contributed by atoms with Crippen LogP contribution in [-0.4, -0.2) is 0 Å². The highest BCUT2D eigenvalue weighted by Gasteiger charge is 2.03. The van der Waals surface area contributed by atoms with Crippen molar-refractivity contribution in [3.8, 4) is 0 Å². The first-order valence-electron chi connectivity index (χ1n) is 16.0. The van der Waals surface area contributed by atoms with Crippen LogP contribution in [-0.2, 0) is 0 Å². The average molecular weight is 491 g/mol. The Morgan fingerprint density at radius 2 is 0.972 bits per heavy atom. The average Bonchev–Trinajstić information content (AvgIpc) is 2.91. The van der Waals surface area contributed by atoms with Gasteiger partial charge in [0.1, 0.15) is 0 Å². The summed E-state index contributed by atoms with van der Waals surface area (Å²) in [4.78, 5) is 0. The molecule has 0 bridgehead atoms. The number of hydrogen-bond donors (Lipinski definition) is 0. The molecule has 0 unspecified atom stereocenters. The first-order chi connectivity index (χ1) is 17.8. The van der Waals surface area contributed by atoms with E-state index < -0.39 is 0 Å². The highest BCUT2D eigenvalue weighted by molar-refractivity contribution is 5.86. The van der Waals surface area contributed by atoms with Crippen molar-refractivity contribution >= 4 is 16.3 Å². The van der Waals surface area contributed by atoms with Gasteiger partial charge in [-0.2, -0.15) is 0 Å². The minimum Gasteiger partial charge on any atom is -0.0807 e. The van der Waals surface area contributed by atoms with E-state index in [4.69, 9.17) is 0 Å². The highest BCUT2D eigenvalue weighted by atomic mass is 14.1. The Hall–Kier alpha value is -1.56. The first kappa shape index (κ1) is 30.7. The molecule has 0 nitrogen and oxygen atoms in total. The van der Waals surface area contributed by atoms with E-state index in [9.17, 15) is 0 Å². The van der Waals surface area contributed by atoms with E-state index in [0.29, 0.717) is 0 Å². The summed E-state index contributed by atoms with van der Waals surface area (Å²) in [6, 6.07) is 15.8. The van der Waals surface area contributed by atoms with Crippen LogP contribution in [0.25, 0.3) is 16.3 Å². The second-order valence-electron chi connectivity index (χ2n) is 11.2. The van der Waals surface area contributed by atoms with Crippen LogP contribution in [0.3, 0.4) is 0 Å². The normalized spacial score (nSPS) is 12.0. The van der Waals surface area contributed by atoms with E-state index in [1.165, 1.54) is 158 Å². The Kier molecular flexibility index (Phi) is 18.3. The number of fused-ring (bicyclic) bond motifs is 1. The van der Waals surface area contributed by atoms with Gasteiger partial charge < -0.3 is 0 Å². The molecule has 0 heterocycles. The molecule has 0 heteroatoms. The van der Waals surface area contributed by atoms with E-state index in [-0.39, 0.29) is 0 Å². The molecule has 0 fully saturated rings. The van der Waals surface area contributed by atoms with E-state index in [0.717, 1.165) is 0 Å². The minimum atomic E-state index is 1.22. The van der Waals surface area contributed by atoms with Gasteiger partial charge in [-0.05, 0) is 53.7 Å². The molecule has 2 aromatic rings. The molecule has 0 radical (unpaired) electrons. The molecule has 0 amide bonds. The third-order valence-corrected chi connectivity index (χ3v) is 7.87. The van der Waals surface area contributed by atoms with Crippen molar-refractivity contribution in [1.29, 1.82) is 0 Å². The van der Waals surface area contributed by atoms with Gasteiger partial charge in [0, 0.05) is 0 Å². The molecule has 0 spiro atoms. The van der Waals surface area contributed by atoms with Crippen LogP contribution in [0.15, 0.2) is 48.5 Å². The van der Waals surface area contributed by atoms with Crippen molar-refractivity contribution in [2.75, 3.05) is 0 Å². The molecule has 0 aliphatic rings. The number of unbranched alkanes of at least 4 members (excludes halogenated alkanes) is 19. The van der Waals surface area contributed by atoms with Gasteiger partial charge in [0.25, 0.3) is 0 Å². The lowest BCUT2D eigenvalue weighted by Crippen LogP contribution is -1.87. The lowest BCUT2D eigenvalue weighted by atomic mass is 9.96. The number of allylic oxidation sites excluding steroid dienone is 2. The highest BCUT2D eigenvalue weighted by Crippen LogP contribution is 2.26. The molecule has 0 atom stereocenters. The van der Waals surface area contributed by atoms with E-state index in [1.807, 2.05) is 0 Å². The Balaban J connectivity index is 1.47. The summed E-state index contributed by atoms with van der Waals surface area (Å²) in [6.45, 7) is 4.60. The molecule has 0 N–H and O–H groups in total. The topological polar surface area (TPSA) is 0 Å². The predicted octanol–water partition coefficient (Wildman–Crippen LogP) is 12.8. The van der Waals surface area contributed by atoms with Crippen molar-refractivity contribution < 1.29 is 0 Å². The molecule has 202 valence electrons. The van der Waals surface area contributed by atoms with Gasteiger partial charge in [-0.25, -0.2) is 0 Å². The second kappa shape index (κ2) is 21.5. The van der Waals surface area contributed by atoms with Crippen LogP contribution >= 0.6 is 0 Å². The molecule has 2 rings (SSSR count). The van der Waals surface area contributed by atoms with Gasteiger partial charge in [-0.1, -0.05) is 172 Å². The largest absolute Gasteiger partial charge is 0.0807 e. The zero-order valence-corrected chi connectivity index (χ0v) is 24.2. The molecular weight excluding hydrogens is 432 g/mol. The summed E-state index contributed by atoms with van der Waals surface area (Å²) >= 11 is 0. The van der Waals surface area contributed by atoms with Crippen molar-refractivity contribution in [3.63, 3.8) is 0 Å². The molecular formula is C36H58. The minimum absolute atomic E-state index is 1.22. The third kappa shape index (κ3) is 14.2. The lowest BCUT2D eigenvalue weighted by Gasteiger charge is -2.10. The fourth-order valence-corrected chi connectivity index (χ4v) is 5.44. The summed E-state index contributed by atoms with van der Waals surface area (Å²) < 4.78 is 0. The van der Waals surface area contributed by atoms with Gasteiger partial charge >= 0.3 is 0 Å². The fraction of sp³-hybridized carbons (Fsp3) is 0.667. The number of benzene rings is 2. The summed E-state index contributed by atoms with van der Waals surface area (Å²) in [7, 11) is 0. The standard InChI is InChI=1S/C36H58/c1-3-5-7-8-9-10-11-12-13-14-15-16-17-18-19-20-21-22-23-27-33(26-6-4-2)36-31-30-34-28-24-25-29-35(34)32-36/h24-25,27-32H,3-23,26H2,1-2H3. The number of rotatable bonds is 23. The molecule has 0 aliphatic carbocycles. The van der Waals surface area contributed by atoms with Crippen LogP contribution < -0.4 is 0 Å². The maximum absolute atomic E-state index is 2.55. The molecule has 0 aliphatic heterocycles. The van der Waals surface area contributed by atoms with Gasteiger partial charge in [-0.15, -0.1) is 0 Å². The molecule has 0 saturated heterocycles. The summed E-state index contributed by atoms with van der Waals surface area (Å²) in [6.07, 6.45) is 33.6. The van der Waals surface area contributed by atoms with Gasteiger partial charge in [0.15, 0.2) is 0 Å². The Labute approximate surface area is 225 Å². The van der Waals surface area contributed by atoms with E-state index in [1.54, 1.807) is 5.57 Å². The zero-order chi connectivity index (χ0) is 25.5. The van der Waals surface area contributed by atoms with Crippen molar-refractivity contribution in [2.45, 2.75) is 155 Å². The lowest BCUT2D eigenvalue weighted by molar-refractivity contribution is 0.525. The summed E-state index contributed by atoms with van der Waals surface area (Å²) in [5, 5.41) is 2.71. The zero-order valence-electron chi connectivity index (χ0n) is 24.2. The smallest absolute Gasteiger partial charge is 0.0178 e. The second-order valence-corrected chi connectivity index (χ2v) is 11.2. The maximum Gasteiger partial charge on any atom is -0.0178 e. The van der Waals surface area contributed by atoms with Gasteiger partial charge in [0.05, 0.1) is 0 Å². The van der Waals surface area contributed by atoms with Crippen LogP contribution in [0.5, 0.6) is 0 Å². The summed E-state index contributed by atoms with van der Waals surface area (Å²) in [5.74, 6) is 0. The number of hydrogen-bond acceptors (Lipinski definition) is 0. The van der Waals surface area contributed by atoms with Crippen molar-refractivity contribution in [3.05, 3.63) is 54.1 Å². The van der Waals surface area contributed by atoms with Crippen LogP contribution in [0.4, 0.5) is 0 Å². The maximum atomic E-state index is 2.55. The van der Waals surface area contributed by atoms with Crippen molar-refractivity contribution in [2.24, 2.45) is 0 Å².